The summed E-state index contributed by atoms with van der Waals surface area (Å²) in [6, 6.07) is 9.89. The highest BCUT2D eigenvalue weighted by Gasteiger charge is 2.17. The summed E-state index contributed by atoms with van der Waals surface area (Å²) in [7, 11) is 0. The molecule has 1 amide bonds. The number of amides is 1. The number of hydrogen-bond donors (Lipinski definition) is 1. The Balaban J connectivity index is 1.67. The molecule has 0 aliphatic carbocycles. The Morgan fingerprint density at radius 1 is 1.15 bits per heavy atom. The van der Waals surface area contributed by atoms with Gasteiger partial charge in [-0.3, -0.25) is 4.79 Å². The number of nitrogens with zero attached hydrogens (tertiary/aromatic N) is 3. The molecule has 27 heavy (non-hydrogen) atoms. The first-order valence-electron chi connectivity index (χ1n) is 9.59. The standard InChI is InChI=1S/C21H28N4OS/c1-4-24-10-12-25(13-11-24)18-6-7-19(16(3)14-18)23-21(26)17-8-9-22-20(15-17)27-5-2/h6-9,14-15H,4-5,10-13H2,1-3H3,(H,23,26). The molecule has 0 radical (unpaired) electrons. The van der Waals surface area contributed by atoms with Crippen LogP contribution in [-0.2, 0) is 0 Å². The molecule has 1 aromatic carbocycles. The fraction of sp³-hybridized carbons (Fsp3) is 0.429. The van der Waals surface area contributed by atoms with Crippen LogP contribution in [0, 0.1) is 6.92 Å². The van der Waals surface area contributed by atoms with Gasteiger partial charge in [-0.15, -0.1) is 11.8 Å². The predicted molar refractivity (Wildman–Crippen MR) is 114 cm³/mol. The molecule has 3 rings (SSSR count). The number of hydrogen-bond acceptors (Lipinski definition) is 5. The zero-order valence-corrected chi connectivity index (χ0v) is 17.2. The first kappa shape index (κ1) is 19.7. The van der Waals surface area contributed by atoms with Crippen molar-refractivity contribution in [2.24, 2.45) is 0 Å². The Labute approximate surface area is 166 Å². The van der Waals surface area contributed by atoms with Crippen LogP contribution in [0.15, 0.2) is 41.6 Å². The van der Waals surface area contributed by atoms with E-state index in [0.29, 0.717) is 5.56 Å². The van der Waals surface area contributed by atoms with Gasteiger partial charge in [-0.25, -0.2) is 4.98 Å². The maximum Gasteiger partial charge on any atom is 0.255 e. The second-order valence-corrected chi connectivity index (χ2v) is 7.97. The van der Waals surface area contributed by atoms with Crippen molar-refractivity contribution in [3.05, 3.63) is 47.7 Å². The third kappa shape index (κ3) is 5.02. The van der Waals surface area contributed by atoms with E-state index in [2.05, 4.69) is 46.1 Å². The van der Waals surface area contributed by atoms with Crippen LogP contribution in [0.3, 0.4) is 0 Å². The number of aromatic nitrogens is 1. The average molecular weight is 385 g/mol. The Morgan fingerprint density at radius 3 is 2.59 bits per heavy atom. The van der Waals surface area contributed by atoms with Crippen molar-refractivity contribution in [2.75, 3.05) is 48.7 Å². The Kier molecular flexibility index (Phi) is 6.74. The average Bonchev–Trinajstić information content (AvgIpc) is 2.70. The molecular weight excluding hydrogens is 356 g/mol. The van der Waals surface area contributed by atoms with E-state index in [9.17, 15) is 4.79 Å². The fourth-order valence-electron chi connectivity index (χ4n) is 3.28. The summed E-state index contributed by atoms with van der Waals surface area (Å²) in [5, 5.41) is 3.92. The van der Waals surface area contributed by atoms with Crippen molar-refractivity contribution in [1.82, 2.24) is 9.88 Å². The molecule has 5 nitrogen and oxygen atoms in total. The first-order chi connectivity index (χ1) is 13.1. The van der Waals surface area contributed by atoms with Crippen LogP contribution in [0.1, 0.15) is 29.8 Å². The Hall–Kier alpha value is -2.05. The monoisotopic (exact) mass is 384 g/mol. The number of likely N-dealkylation sites (N-methyl/N-ethyl adjacent to an activating group) is 1. The zero-order chi connectivity index (χ0) is 19.2. The van der Waals surface area contributed by atoms with E-state index in [1.165, 1.54) is 5.69 Å². The lowest BCUT2D eigenvalue weighted by Gasteiger charge is -2.35. The quantitative estimate of drug-likeness (QED) is 0.766. The van der Waals surface area contributed by atoms with Gasteiger partial charge < -0.3 is 15.1 Å². The number of aryl methyl sites for hydroxylation is 1. The first-order valence-corrected chi connectivity index (χ1v) is 10.6. The number of rotatable bonds is 6. The molecule has 0 spiro atoms. The highest BCUT2D eigenvalue weighted by Crippen LogP contribution is 2.24. The van der Waals surface area contributed by atoms with Gasteiger partial charge in [-0.2, -0.15) is 0 Å². The molecule has 2 aromatic rings. The molecule has 0 unspecified atom stereocenters. The number of anilines is 2. The largest absolute Gasteiger partial charge is 0.369 e. The molecule has 0 saturated carbocycles. The van der Waals surface area contributed by atoms with Crippen LogP contribution < -0.4 is 10.2 Å². The van der Waals surface area contributed by atoms with Crippen LogP contribution >= 0.6 is 11.8 Å². The minimum atomic E-state index is -0.0947. The highest BCUT2D eigenvalue weighted by atomic mass is 32.2. The number of pyridine rings is 1. The molecule has 1 N–H and O–H groups in total. The lowest BCUT2D eigenvalue weighted by Crippen LogP contribution is -2.46. The lowest BCUT2D eigenvalue weighted by atomic mass is 10.1. The van der Waals surface area contributed by atoms with E-state index >= 15 is 0 Å². The number of carbonyl (C=O) groups excluding carboxylic acids is 1. The molecular formula is C21H28N4OS. The molecule has 2 heterocycles. The van der Waals surface area contributed by atoms with E-state index in [1.54, 1.807) is 24.0 Å². The molecule has 1 aliphatic rings. The van der Waals surface area contributed by atoms with Crippen LogP contribution in [0.5, 0.6) is 0 Å². The summed E-state index contributed by atoms with van der Waals surface area (Å²) in [4.78, 5) is 21.8. The third-order valence-corrected chi connectivity index (χ3v) is 5.74. The van der Waals surface area contributed by atoms with E-state index in [4.69, 9.17) is 0 Å². The summed E-state index contributed by atoms with van der Waals surface area (Å²) in [5.74, 6) is 0.841. The second-order valence-electron chi connectivity index (χ2n) is 6.69. The summed E-state index contributed by atoms with van der Waals surface area (Å²) in [6.45, 7) is 11.8. The minimum Gasteiger partial charge on any atom is -0.369 e. The summed E-state index contributed by atoms with van der Waals surface area (Å²) < 4.78 is 0. The number of thioether (sulfide) groups is 1. The lowest BCUT2D eigenvalue weighted by molar-refractivity contribution is 0.102. The van der Waals surface area contributed by atoms with E-state index in [-0.39, 0.29) is 5.91 Å². The molecule has 144 valence electrons. The highest BCUT2D eigenvalue weighted by molar-refractivity contribution is 7.99. The van der Waals surface area contributed by atoms with Crippen molar-refractivity contribution in [1.29, 1.82) is 0 Å². The Morgan fingerprint density at radius 2 is 1.93 bits per heavy atom. The summed E-state index contributed by atoms with van der Waals surface area (Å²) in [5.41, 5.74) is 3.81. The van der Waals surface area contributed by atoms with Crippen LogP contribution in [0.25, 0.3) is 0 Å². The van der Waals surface area contributed by atoms with Crippen LogP contribution in [-0.4, -0.2) is 54.3 Å². The van der Waals surface area contributed by atoms with Crippen LogP contribution in [0.4, 0.5) is 11.4 Å². The molecule has 6 heteroatoms. The minimum absolute atomic E-state index is 0.0947. The van der Waals surface area contributed by atoms with Crippen molar-refractivity contribution < 1.29 is 4.79 Å². The molecule has 1 aromatic heterocycles. The zero-order valence-electron chi connectivity index (χ0n) is 16.4. The SMILES string of the molecule is CCSc1cc(C(=O)Nc2ccc(N3CCN(CC)CC3)cc2C)ccn1. The third-order valence-electron chi connectivity index (χ3n) is 4.93. The molecule has 1 aliphatic heterocycles. The molecule has 0 atom stereocenters. The second kappa shape index (κ2) is 9.24. The maximum absolute atomic E-state index is 12.6. The number of piperazine rings is 1. The van der Waals surface area contributed by atoms with Gasteiger partial charge in [0.1, 0.15) is 0 Å². The number of carbonyl (C=O) groups is 1. The normalized spacial score (nSPS) is 15.0. The molecule has 1 fully saturated rings. The molecule has 0 bridgehead atoms. The van der Waals surface area contributed by atoms with Crippen LogP contribution in [0.2, 0.25) is 0 Å². The van der Waals surface area contributed by atoms with E-state index < -0.39 is 0 Å². The van der Waals surface area contributed by atoms with Crippen molar-refractivity contribution >= 4 is 29.0 Å². The summed E-state index contributed by atoms with van der Waals surface area (Å²) >= 11 is 1.64. The van der Waals surface area contributed by atoms with Gasteiger partial charge in [0, 0.05) is 49.3 Å². The van der Waals surface area contributed by atoms with Gasteiger partial charge in [-0.05, 0) is 55.1 Å². The van der Waals surface area contributed by atoms with Gasteiger partial charge in [0.05, 0.1) is 5.03 Å². The van der Waals surface area contributed by atoms with Gasteiger partial charge >= 0.3 is 0 Å². The topological polar surface area (TPSA) is 48.5 Å². The Bertz CT molecular complexity index is 788. The van der Waals surface area contributed by atoms with Crippen molar-refractivity contribution in [3.63, 3.8) is 0 Å². The molecule has 1 saturated heterocycles. The van der Waals surface area contributed by atoms with E-state index in [0.717, 1.165) is 54.8 Å². The van der Waals surface area contributed by atoms with Gasteiger partial charge in [0.2, 0.25) is 0 Å². The smallest absolute Gasteiger partial charge is 0.255 e. The maximum atomic E-state index is 12.6. The summed E-state index contributed by atoms with van der Waals surface area (Å²) in [6.07, 6.45) is 1.69. The van der Waals surface area contributed by atoms with Crippen molar-refractivity contribution in [3.8, 4) is 0 Å². The number of benzene rings is 1. The predicted octanol–water partition coefficient (Wildman–Crippen LogP) is 3.90. The van der Waals surface area contributed by atoms with Gasteiger partial charge in [0.25, 0.3) is 5.91 Å². The number of nitrogens with one attached hydrogen (secondary N) is 1. The fourth-order valence-corrected chi connectivity index (χ4v) is 3.92. The van der Waals surface area contributed by atoms with Gasteiger partial charge in [0.15, 0.2) is 0 Å². The van der Waals surface area contributed by atoms with Gasteiger partial charge in [-0.1, -0.05) is 13.8 Å². The van der Waals surface area contributed by atoms with Crippen molar-refractivity contribution in [2.45, 2.75) is 25.8 Å². The van der Waals surface area contributed by atoms with E-state index in [1.807, 2.05) is 19.1 Å².